The minimum absolute atomic E-state index is 0.0607. The zero-order chi connectivity index (χ0) is 20.2. The maximum absolute atomic E-state index is 12.9. The Kier molecular flexibility index (Phi) is 5.58. The summed E-state index contributed by atoms with van der Waals surface area (Å²) in [6, 6.07) is 20.9. The number of anilines is 1. The van der Waals surface area contributed by atoms with Crippen molar-refractivity contribution in [3.05, 3.63) is 89.7 Å². The van der Waals surface area contributed by atoms with Crippen molar-refractivity contribution < 1.29 is 14.5 Å². The van der Waals surface area contributed by atoms with Crippen LogP contribution in [0.5, 0.6) is 0 Å². The fraction of sp³-hybridized carbons (Fsp3) is 0.250. The molecule has 0 saturated carbocycles. The summed E-state index contributed by atoms with van der Waals surface area (Å²) >= 11 is 0. The molecule has 1 aliphatic rings. The Labute approximate surface area is 171 Å². The SMILES string of the molecule is Cn1cccc1[C@H]1CCC[NH+]1CC(=O)Nc1ccccc1C(=O)c1ccccc1. The number of amides is 1. The first kappa shape index (κ1) is 19.2. The Morgan fingerprint density at radius 2 is 1.79 bits per heavy atom. The monoisotopic (exact) mass is 388 g/mol. The number of rotatable bonds is 6. The van der Waals surface area contributed by atoms with E-state index in [1.807, 2.05) is 30.3 Å². The van der Waals surface area contributed by atoms with Crippen molar-refractivity contribution in [1.82, 2.24) is 4.57 Å². The highest BCUT2D eigenvalue weighted by Gasteiger charge is 2.33. The molecule has 5 nitrogen and oxygen atoms in total. The van der Waals surface area contributed by atoms with Gasteiger partial charge in [-0.25, -0.2) is 0 Å². The first-order valence-electron chi connectivity index (χ1n) is 10.1. The largest absolute Gasteiger partial charge is 0.350 e. The van der Waals surface area contributed by atoms with Crippen LogP contribution in [0.2, 0.25) is 0 Å². The number of para-hydroxylation sites is 1. The summed E-state index contributed by atoms with van der Waals surface area (Å²) in [5, 5.41) is 2.98. The van der Waals surface area contributed by atoms with Crippen LogP contribution in [0.4, 0.5) is 5.69 Å². The number of likely N-dealkylation sites (tertiary alicyclic amines) is 1. The lowest BCUT2D eigenvalue weighted by atomic mass is 10.0. The third-order valence-electron chi connectivity index (χ3n) is 5.69. The molecular formula is C24H26N3O2+. The standard InChI is InChI=1S/C24H25N3O2/c1-26-15-7-13-21(26)22-14-8-16-27(22)17-23(28)25-20-12-6-5-11-19(20)24(29)18-9-3-2-4-10-18/h2-7,9-13,15,22H,8,14,16-17H2,1H3,(H,25,28)/p+1/t22-/m1/s1. The van der Waals surface area contributed by atoms with E-state index >= 15 is 0 Å². The van der Waals surface area contributed by atoms with Crippen LogP contribution in [0.3, 0.4) is 0 Å². The Morgan fingerprint density at radius 1 is 1.03 bits per heavy atom. The quantitative estimate of drug-likeness (QED) is 0.638. The lowest BCUT2D eigenvalue weighted by Gasteiger charge is -2.22. The second-order valence-electron chi connectivity index (χ2n) is 7.61. The van der Waals surface area contributed by atoms with Gasteiger partial charge in [-0.3, -0.25) is 9.59 Å². The summed E-state index contributed by atoms with van der Waals surface area (Å²) in [7, 11) is 2.05. The van der Waals surface area contributed by atoms with E-state index in [0.717, 1.165) is 19.4 Å². The Balaban J connectivity index is 1.48. The summed E-state index contributed by atoms with van der Waals surface area (Å²) < 4.78 is 2.14. The van der Waals surface area contributed by atoms with Crippen molar-refractivity contribution in [2.45, 2.75) is 18.9 Å². The molecular weight excluding hydrogens is 362 g/mol. The van der Waals surface area contributed by atoms with Crippen molar-refractivity contribution in [3.8, 4) is 0 Å². The molecule has 0 radical (unpaired) electrons. The number of carbonyl (C=O) groups excluding carboxylic acids is 2. The smallest absolute Gasteiger partial charge is 0.279 e. The van der Waals surface area contributed by atoms with E-state index in [1.54, 1.807) is 24.3 Å². The van der Waals surface area contributed by atoms with E-state index in [4.69, 9.17) is 0 Å². The van der Waals surface area contributed by atoms with E-state index < -0.39 is 0 Å². The zero-order valence-corrected chi connectivity index (χ0v) is 16.6. The topological polar surface area (TPSA) is 55.5 Å². The predicted molar refractivity (Wildman–Crippen MR) is 113 cm³/mol. The fourth-order valence-electron chi connectivity index (χ4n) is 4.25. The van der Waals surface area contributed by atoms with Gasteiger partial charge in [0.2, 0.25) is 0 Å². The molecule has 5 heteroatoms. The highest BCUT2D eigenvalue weighted by molar-refractivity contribution is 6.13. The normalized spacial score (nSPS) is 18.5. The molecule has 148 valence electrons. The Hall–Kier alpha value is -3.18. The summed E-state index contributed by atoms with van der Waals surface area (Å²) in [4.78, 5) is 27.0. The number of aromatic nitrogens is 1. The number of benzene rings is 2. The second kappa shape index (κ2) is 8.45. The van der Waals surface area contributed by atoms with Gasteiger partial charge < -0.3 is 14.8 Å². The van der Waals surface area contributed by atoms with Crippen LogP contribution in [0.1, 0.15) is 40.5 Å². The molecule has 0 aliphatic carbocycles. The van der Waals surface area contributed by atoms with Crippen LogP contribution in [-0.4, -0.2) is 29.3 Å². The van der Waals surface area contributed by atoms with Gasteiger partial charge in [0.05, 0.1) is 17.9 Å². The van der Waals surface area contributed by atoms with E-state index in [0.29, 0.717) is 29.4 Å². The number of ketones is 1. The van der Waals surface area contributed by atoms with E-state index in [9.17, 15) is 9.59 Å². The van der Waals surface area contributed by atoms with Gasteiger partial charge in [-0.05, 0) is 24.3 Å². The van der Waals surface area contributed by atoms with Crippen LogP contribution in [0, 0.1) is 0 Å². The molecule has 1 aliphatic heterocycles. The molecule has 2 N–H and O–H groups in total. The Morgan fingerprint density at radius 3 is 2.55 bits per heavy atom. The molecule has 2 atom stereocenters. The summed E-state index contributed by atoms with van der Waals surface area (Å²) in [5.74, 6) is -0.147. The molecule has 4 rings (SSSR count). The maximum Gasteiger partial charge on any atom is 0.279 e. The van der Waals surface area contributed by atoms with Crippen molar-refractivity contribution >= 4 is 17.4 Å². The maximum atomic E-state index is 12.9. The van der Waals surface area contributed by atoms with Gasteiger partial charge >= 0.3 is 0 Å². The molecule has 2 aromatic carbocycles. The van der Waals surface area contributed by atoms with Crippen molar-refractivity contribution in [1.29, 1.82) is 0 Å². The predicted octanol–water partition coefficient (Wildman–Crippen LogP) is 2.61. The van der Waals surface area contributed by atoms with Crippen molar-refractivity contribution in [3.63, 3.8) is 0 Å². The van der Waals surface area contributed by atoms with Crippen LogP contribution in [-0.2, 0) is 11.8 Å². The van der Waals surface area contributed by atoms with Gasteiger partial charge in [-0.15, -0.1) is 0 Å². The molecule has 29 heavy (non-hydrogen) atoms. The molecule has 1 amide bonds. The molecule has 0 bridgehead atoms. The minimum Gasteiger partial charge on any atom is -0.350 e. The molecule has 1 fully saturated rings. The highest BCUT2D eigenvalue weighted by Crippen LogP contribution is 2.20. The van der Waals surface area contributed by atoms with Crippen LogP contribution in [0.25, 0.3) is 0 Å². The van der Waals surface area contributed by atoms with Crippen LogP contribution >= 0.6 is 0 Å². The van der Waals surface area contributed by atoms with E-state index in [2.05, 4.69) is 35.3 Å². The Bertz CT molecular complexity index is 1010. The molecule has 1 unspecified atom stereocenters. The number of nitrogens with one attached hydrogen (secondary N) is 2. The highest BCUT2D eigenvalue weighted by atomic mass is 16.2. The second-order valence-corrected chi connectivity index (χ2v) is 7.61. The van der Waals surface area contributed by atoms with Gasteiger partial charge in [0.25, 0.3) is 5.91 Å². The first-order chi connectivity index (χ1) is 14.1. The lowest BCUT2D eigenvalue weighted by Crippen LogP contribution is -3.11. The number of quaternary nitrogens is 1. The molecule has 2 heterocycles. The molecule has 1 aromatic heterocycles. The van der Waals surface area contributed by atoms with Gasteiger partial charge in [-0.2, -0.15) is 0 Å². The van der Waals surface area contributed by atoms with Crippen LogP contribution < -0.4 is 10.2 Å². The lowest BCUT2D eigenvalue weighted by molar-refractivity contribution is -0.910. The third kappa shape index (κ3) is 4.15. The minimum atomic E-state index is -0.0864. The molecule has 0 spiro atoms. The number of nitrogens with zero attached hydrogens (tertiary/aromatic N) is 1. The van der Waals surface area contributed by atoms with E-state index in [-0.39, 0.29) is 11.7 Å². The van der Waals surface area contributed by atoms with Crippen LogP contribution in [0.15, 0.2) is 72.9 Å². The van der Waals surface area contributed by atoms with Gasteiger partial charge in [-0.1, -0.05) is 42.5 Å². The summed E-state index contributed by atoms with van der Waals surface area (Å²) in [6.07, 6.45) is 4.25. The number of carbonyl (C=O) groups is 2. The van der Waals surface area contributed by atoms with Gasteiger partial charge in [0, 0.05) is 37.2 Å². The average molecular weight is 388 g/mol. The van der Waals surface area contributed by atoms with E-state index in [1.165, 1.54) is 10.6 Å². The van der Waals surface area contributed by atoms with Gasteiger partial charge in [0.1, 0.15) is 6.04 Å². The van der Waals surface area contributed by atoms with Crippen molar-refractivity contribution in [2.24, 2.45) is 7.05 Å². The first-order valence-corrected chi connectivity index (χ1v) is 10.1. The van der Waals surface area contributed by atoms with Gasteiger partial charge in [0.15, 0.2) is 12.3 Å². The molecule has 1 saturated heterocycles. The zero-order valence-electron chi connectivity index (χ0n) is 16.6. The number of aryl methyl sites for hydroxylation is 1. The number of hydrogen-bond donors (Lipinski definition) is 2. The summed E-state index contributed by atoms with van der Waals surface area (Å²) in [6.45, 7) is 1.37. The molecule has 3 aromatic rings. The summed E-state index contributed by atoms with van der Waals surface area (Å²) in [5.41, 5.74) is 2.97. The fourth-order valence-corrected chi connectivity index (χ4v) is 4.25. The third-order valence-corrected chi connectivity index (χ3v) is 5.69. The number of hydrogen-bond acceptors (Lipinski definition) is 2. The van der Waals surface area contributed by atoms with Crippen molar-refractivity contribution in [2.75, 3.05) is 18.4 Å². The average Bonchev–Trinajstić information content (AvgIpc) is 3.36.